The number of halogens is 3. The lowest BCUT2D eigenvalue weighted by molar-refractivity contribution is 0.305. The highest BCUT2D eigenvalue weighted by atomic mass is 35.5. The molecule has 0 aromatic heterocycles. The molecule has 0 saturated carbocycles. The van der Waals surface area contributed by atoms with E-state index in [9.17, 15) is 4.39 Å². The normalized spacial score (nSPS) is 11.5. The highest BCUT2D eigenvalue weighted by Gasteiger charge is 2.11. The molecular formula is C14H11Cl2FN2O2. The lowest BCUT2D eigenvalue weighted by Gasteiger charge is -2.12. The van der Waals surface area contributed by atoms with Crippen LogP contribution in [0.3, 0.4) is 0 Å². The minimum absolute atomic E-state index is 0.0614. The summed E-state index contributed by atoms with van der Waals surface area (Å²) in [5, 5.41) is 12.3. The third-order valence-corrected chi connectivity index (χ3v) is 3.56. The highest BCUT2D eigenvalue weighted by molar-refractivity contribution is 6.42. The van der Waals surface area contributed by atoms with E-state index in [1.165, 1.54) is 12.1 Å². The molecule has 3 N–H and O–H groups in total. The minimum atomic E-state index is -0.499. The molecule has 0 heterocycles. The van der Waals surface area contributed by atoms with Crippen molar-refractivity contribution in [1.82, 2.24) is 0 Å². The van der Waals surface area contributed by atoms with E-state index in [-0.39, 0.29) is 23.0 Å². The molecule has 0 aliphatic carbocycles. The average molecular weight is 329 g/mol. The summed E-state index contributed by atoms with van der Waals surface area (Å²) in [5.74, 6) is -0.314. The summed E-state index contributed by atoms with van der Waals surface area (Å²) in [7, 11) is 0. The Morgan fingerprint density at radius 2 is 2.05 bits per heavy atom. The first-order valence-electron chi connectivity index (χ1n) is 5.86. The van der Waals surface area contributed by atoms with Gasteiger partial charge in [-0.1, -0.05) is 40.5 Å². The molecule has 4 nitrogen and oxygen atoms in total. The number of nitrogens with two attached hydrogens (primary N) is 1. The van der Waals surface area contributed by atoms with Gasteiger partial charge in [0, 0.05) is 11.1 Å². The number of nitrogens with zero attached hydrogens (tertiary/aromatic N) is 1. The topological polar surface area (TPSA) is 67.8 Å². The second-order valence-electron chi connectivity index (χ2n) is 4.13. The van der Waals surface area contributed by atoms with Crippen LogP contribution in [0.2, 0.25) is 10.0 Å². The van der Waals surface area contributed by atoms with Crippen LogP contribution in [-0.2, 0) is 6.61 Å². The molecule has 0 radical (unpaired) electrons. The molecular weight excluding hydrogens is 318 g/mol. The summed E-state index contributed by atoms with van der Waals surface area (Å²) >= 11 is 11.9. The Kier molecular flexibility index (Phi) is 4.88. The molecule has 0 aliphatic heterocycles. The fraction of sp³-hybridized carbons (Fsp3) is 0.0714. The lowest BCUT2D eigenvalue weighted by Crippen LogP contribution is -2.17. The predicted octanol–water partition coefficient (Wildman–Crippen LogP) is 3.81. The van der Waals surface area contributed by atoms with Crippen LogP contribution < -0.4 is 10.5 Å². The predicted molar refractivity (Wildman–Crippen MR) is 79.7 cm³/mol. The molecule has 2 rings (SSSR count). The van der Waals surface area contributed by atoms with Crippen LogP contribution in [0.25, 0.3) is 0 Å². The molecule has 21 heavy (non-hydrogen) atoms. The van der Waals surface area contributed by atoms with Crippen LogP contribution in [0, 0.1) is 5.82 Å². The molecule has 7 heteroatoms. The Bertz CT molecular complexity index is 693. The second-order valence-corrected chi connectivity index (χ2v) is 4.91. The van der Waals surface area contributed by atoms with E-state index in [1.54, 1.807) is 18.2 Å². The van der Waals surface area contributed by atoms with Crippen LogP contribution in [0.1, 0.15) is 11.1 Å². The van der Waals surface area contributed by atoms with E-state index < -0.39 is 5.82 Å². The van der Waals surface area contributed by atoms with Crippen molar-refractivity contribution >= 4 is 29.0 Å². The first kappa shape index (κ1) is 15.4. The van der Waals surface area contributed by atoms with Crippen LogP contribution in [-0.4, -0.2) is 11.0 Å². The van der Waals surface area contributed by atoms with Gasteiger partial charge in [0.2, 0.25) is 0 Å². The van der Waals surface area contributed by atoms with E-state index in [0.29, 0.717) is 16.3 Å². The van der Waals surface area contributed by atoms with Crippen molar-refractivity contribution in [3.8, 4) is 5.75 Å². The molecule has 0 fully saturated rings. The average Bonchev–Trinajstić information content (AvgIpc) is 2.49. The van der Waals surface area contributed by atoms with Crippen LogP contribution in [0.15, 0.2) is 41.6 Å². The van der Waals surface area contributed by atoms with Crippen molar-refractivity contribution in [2.75, 3.05) is 0 Å². The first-order chi connectivity index (χ1) is 10.0. The highest BCUT2D eigenvalue weighted by Crippen LogP contribution is 2.32. The number of hydrogen-bond donors (Lipinski definition) is 2. The van der Waals surface area contributed by atoms with Crippen molar-refractivity contribution < 1.29 is 14.3 Å². The monoisotopic (exact) mass is 328 g/mol. The second kappa shape index (κ2) is 6.65. The lowest BCUT2D eigenvalue weighted by atomic mass is 10.1. The van der Waals surface area contributed by atoms with Crippen LogP contribution in [0.4, 0.5) is 4.39 Å². The number of hydrogen-bond acceptors (Lipinski definition) is 3. The van der Waals surface area contributed by atoms with Gasteiger partial charge in [-0.2, -0.15) is 0 Å². The maximum atomic E-state index is 13.3. The van der Waals surface area contributed by atoms with E-state index in [0.717, 1.165) is 6.07 Å². The van der Waals surface area contributed by atoms with Gasteiger partial charge in [0.05, 0.1) is 5.02 Å². The van der Waals surface area contributed by atoms with Crippen molar-refractivity contribution in [3.05, 3.63) is 63.4 Å². The SMILES string of the molecule is NC(=NO)c1cc(F)ccc1COc1cccc(Cl)c1Cl. The summed E-state index contributed by atoms with van der Waals surface area (Å²) in [6.07, 6.45) is 0. The zero-order valence-electron chi connectivity index (χ0n) is 10.7. The summed E-state index contributed by atoms with van der Waals surface area (Å²) < 4.78 is 18.8. The third kappa shape index (κ3) is 3.56. The number of benzene rings is 2. The number of ether oxygens (including phenoxy) is 1. The van der Waals surface area contributed by atoms with Gasteiger partial charge >= 0.3 is 0 Å². The van der Waals surface area contributed by atoms with E-state index in [4.69, 9.17) is 38.9 Å². The Labute approximate surface area is 130 Å². The standard InChI is InChI=1S/C14H11Cl2FN2O2/c15-11-2-1-3-12(13(11)16)21-7-8-4-5-9(17)6-10(8)14(18)19-20/h1-6,20H,7H2,(H2,18,19). The van der Waals surface area contributed by atoms with Gasteiger partial charge < -0.3 is 15.7 Å². The third-order valence-electron chi connectivity index (χ3n) is 2.75. The first-order valence-corrected chi connectivity index (χ1v) is 6.61. The van der Waals surface area contributed by atoms with Gasteiger partial charge in [-0.15, -0.1) is 0 Å². The maximum absolute atomic E-state index is 13.3. The zero-order chi connectivity index (χ0) is 15.4. The number of rotatable bonds is 4. The molecule has 0 aliphatic rings. The van der Waals surface area contributed by atoms with E-state index >= 15 is 0 Å². The molecule has 2 aromatic carbocycles. The molecule has 0 unspecified atom stereocenters. The van der Waals surface area contributed by atoms with Gasteiger partial charge in [-0.3, -0.25) is 0 Å². The van der Waals surface area contributed by atoms with Crippen LogP contribution in [0.5, 0.6) is 5.75 Å². The largest absolute Gasteiger partial charge is 0.487 e. The molecule has 0 atom stereocenters. The Hall–Kier alpha value is -1.98. The van der Waals surface area contributed by atoms with Gasteiger partial charge in [-0.05, 0) is 24.3 Å². The van der Waals surface area contributed by atoms with Gasteiger partial charge in [-0.25, -0.2) is 4.39 Å². The summed E-state index contributed by atoms with van der Waals surface area (Å²) in [6, 6.07) is 8.89. The number of amidine groups is 1. The van der Waals surface area contributed by atoms with E-state index in [2.05, 4.69) is 5.16 Å². The maximum Gasteiger partial charge on any atom is 0.170 e. The van der Waals surface area contributed by atoms with Crippen molar-refractivity contribution in [2.24, 2.45) is 10.9 Å². The Balaban J connectivity index is 2.26. The van der Waals surface area contributed by atoms with E-state index in [1.807, 2.05) is 0 Å². The van der Waals surface area contributed by atoms with Crippen molar-refractivity contribution in [2.45, 2.75) is 6.61 Å². The molecule has 0 saturated heterocycles. The molecule has 0 bridgehead atoms. The molecule has 2 aromatic rings. The van der Waals surface area contributed by atoms with Crippen molar-refractivity contribution in [3.63, 3.8) is 0 Å². The molecule has 0 amide bonds. The molecule has 110 valence electrons. The fourth-order valence-electron chi connectivity index (χ4n) is 1.72. The minimum Gasteiger partial charge on any atom is -0.487 e. The van der Waals surface area contributed by atoms with Gasteiger partial charge in [0.25, 0.3) is 0 Å². The number of oxime groups is 1. The summed E-state index contributed by atoms with van der Waals surface area (Å²) in [6.45, 7) is 0.0614. The van der Waals surface area contributed by atoms with Gasteiger partial charge in [0.1, 0.15) is 23.2 Å². The smallest absolute Gasteiger partial charge is 0.170 e. The van der Waals surface area contributed by atoms with Gasteiger partial charge in [0.15, 0.2) is 5.84 Å². The Morgan fingerprint density at radius 1 is 1.29 bits per heavy atom. The van der Waals surface area contributed by atoms with Crippen molar-refractivity contribution in [1.29, 1.82) is 0 Å². The van der Waals surface area contributed by atoms with Crippen LogP contribution >= 0.6 is 23.2 Å². The summed E-state index contributed by atoms with van der Waals surface area (Å²) in [4.78, 5) is 0. The molecule has 0 spiro atoms. The zero-order valence-corrected chi connectivity index (χ0v) is 12.2. The Morgan fingerprint density at radius 3 is 2.76 bits per heavy atom. The fourth-order valence-corrected chi connectivity index (χ4v) is 2.06. The quantitative estimate of drug-likeness (QED) is 0.388. The summed E-state index contributed by atoms with van der Waals surface area (Å²) in [5.41, 5.74) is 6.31.